The molecule has 3 aromatic carbocycles. The predicted molar refractivity (Wildman–Crippen MR) is 94.1 cm³/mol. The van der Waals surface area contributed by atoms with Crippen LogP contribution in [0.25, 0.3) is 11.1 Å². The summed E-state index contributed by atoms with van der Waals surface area (Å²) in [5.74, 6) is -1.02. The lowest BCUT2D eigenvalue weighted by molar-refractivity contribution is 0.0697. The first kappa shape index (κ1) is 16.1. The van der Waals surface area contributed by atoms with Crippen molar-refractivity contribution in [2.24, 2.45) is 0 Å². The molecule has 0 amide bonds. The second kappa shape index (κ2) is 7.66. The minimum absolute atomic E-state index is 0.113. The van der Waals surface area contributed by atoms with Gasteiger partial charge < -0.3 is 16.6 Å². The second-order valence-electron chi connectivity index (χ2n) is 4.93. The summed E-state index contributed by atoms with van der Waals surface area (Å²) in [5.41, 5.74) is 14.1. The molecule has 0 aliphatic heterocycles. The van der Waals surface area contributed by atoms with Gasteiger partial charge in [-0.2, -0.15) is 0 Å². The Morgan fingerprint density at radius 2 is 1.09 bits per heavy atom. The van der Waals surface area contributed by atoms with Gasteiger partial charge in [0.15, 0.2) is 0 Å². The summed E-state index contributed by atoms with van der Waals surface area (Å²) in [6, 6.07) is 25.0. The van der Waals surface area contributed by atoms with Gasteiger partial charge in [0.05, 0.1) is 5.56 Å². The molecule has 0 saturated heterocycles. The van der Waals surface area contributed by atoms with E-state index in [1.807, 2.05) is 12.1 Å². The monoisotopic (exact) mass is 306 g/mol. The normalized spacial score (nSPS) is 9.57. The van der Waals surface area contributed by atoms with Crippen molar-refractivity contribution >= 4 is 17.3 Å². The average Bonchev–Trinajstić information content (AvgIpc) is 2.56. The van der Waals surface area contributed by atoms with Crippen LogP contribution in [0.3, 0.4) is 0 Å². The van der Waals surface area contributed by atoms with Crippen LogP contribution < -0.4 is 11.5 Å². The number of aromatic carboxylic acids is 1. The summed E-state index contributed by atoms with van der Waals surface area (Å²) >= 11 is 0. The molecule has 5 N–H and O–H groups in total. The lowest BCUT2D eigenvalue weighted by Crippen LogP contribution is -1.99. The van der Waals surface area contributed by atoms with E-state index in [1.165, 1.54) is 29.3 Å². The van der Waals surface area contributed by atoms with Gasteiger partial charge in [-0.05, 0) is 29.3 Å². The number of hydrogen-bond donors (Lipinski definition) is 3. The molecular formula is C19H18N2O2. The molecule has 0 unspecified atom stereocenters. The largest absolute Gasteiger partial charge is 0.478 e. The number of nitrogen functional groups attached to an aromatic ring is 2. The number of anilines is 2. The summed E-state index contributed by atoms with van der Waals surface area (Å²) in [5, 5.41) is 8.52. The van der Waals surface area contributed by atoms with Crippen molar-refractivity contribution < 1.29 is 9.90 Å². The van der Waals surface area contributed by atoms with E-state index in [9.17, 15) is 4.79 Å². The zero-order valence-electron chi connectivity index (χ0n) is 12.5. The van der Waals surface area contributed by atoms with Gasteiger partial charge in [-0.1, -0.05) is 60.7 Å². The zero-order valence-corrected chi connectivity index (χ0v) is 12.5. The van der Waals surface area contributed by atoms with Crippen LogP contribution in [0, 0.1) is 0 Å². The van der Waals surface area contributed by atoms with Crippen LogP contribution in [-0.4, -0.2) is 11.1 Å². The first-order chi connectivity index (χ1) is 11.1. The van der Waals surface area contributed by atoms with Crippen LogP contribution in [0.5, 0.6) is 0 Å². The third-order valence-corrected chi connectivity index (χ3v) is 3.11. The Morgan fingerprint density at radius 3 is 1.43 bits per heavy atom. The smallest absolute Gasteiger partial charge is 0.335 e. The molecule has 0 atom stereocenters. The van der Waals surface area contributed by atoms with E-state index in [-0.39, 0.29) is 5.56 Å². The number of rotatable bonds is 2. The van der Waals surface area contributed by atoms with Crippen LogP contribution in [0.15, 0.2) is 78.9 Å². The van der Waals surface area contributed by atoms with E-state index >= 15 is 0 Å². The Morgan fingerprint density at radius 1 is 0.696 bits per heavy atom. The second-order valence-corrected chi connectivity index (χ2v) is 4.93. The van der Waals surface area contributed by atoms with E-state index in [0.717, 1.165) is 0 Å². The van der Waals surface area contributed by atoms with Crippen molar-refractivity contribution in [2.45, 2.75) is 0 Å². The topological polar surface area (TPSA) is 89.3 Å². The number of hydrogen-bond acceptors (Lipinski definition) is 3. The zero-order chi connectivity index (χ0) is 16.7. The van der Waals surface area contributed by atoms with Gasteiger partial charge >= 0.3 is 5.97 Å². The quantitative estimate of drug-likeness (QED) is 0.626. The van der Waals surface area contributed by atoms with Gasteiger partial charge in [0, 0.05) is 11.4 Å². The number of benzene rings is 3. The van der Waals surface area contributed by atoms with Gasteiger partial charge in [0.1, 0.15) is 0 Å². The predicted octanol–water partition coefficient (Wildman–Crippen LogP) is 3.90. The fourth-order valence-electron chi connectivity index (χ4n) is 2.06. The van der Waals surface area contributed by atoms with E-state index < -0.39 is 5.97 Å². The molecule has 0 aromatic heterocycles. The maximum atomic E-state index is 10.4. The van der Waals surface area contributed by atoms with Gasteiger partial charge in [-0.3, -0.25) is 0 Å². The fraction of sp³-hybridized carbons (Fsp3) is 0. The number of carboxylic acids is 1. The molecule has 0 spiro atoms. The maximum absolute atomic E-state index is 10.4. The Labute approximate surface area is 135 Å². The summed E-state index contributed by atoms with van der Waals surface area (Å²) in [6.45, 7) is 0. The van der Waals surface area contributed by atoms with Crippen molar-refractivity contribution in [1.29, 1.82) is 0 Å². The number of carbonyl (C=O) groups is 1. The van der Waals surface area contributed by atoms with Gasteiger partial charge in [0.25, 0.3) is 0 Å². The van der Waals surface area contributed by atoms with Crippen molar-refractivity contribution in [3.8, 4) is 11.1 Å². The van der Waals surface area contributed by atoms with Crippen LogP contribution in [-0.2, 0) is 0 Å². The van der Waals surface area contributed by atoms with Crippen molar-refractivity contribution in [1.82, 2.24) is 0 Å². The van der Waals surface area contributed by atoms with Crippen LogP contribution in [0.1, 0.15) is 10.4 Å². The molecule has 0 fully saturated rings. The third-order valence-electron chi connectivity index (χ3n) is 3.11. The lowest BCUT2D eigenvalue weighted by Gasteiger charge is -1.98. The van der Waals surface area contributed by atoms with Gasteiger partial charge in [0.2, 0.25) is 0 Å². The molecule has 3 aromatic rings. The Hall–Kier alpha value is -3.27. The lowest BCUT2D eigenvalue weighted by atomic mass is 10.1. The molecule has 0 bridgehead atoms. The highest BCUT2D eigenvalue weighted by atomic mass is 16.4. The summed E-state index contributed by atoms with van der Waals surface area (Å²) in [4.78, 5) is 10.4. The number of carboxylic acid groups (broad SMARTS) is 1. The van der Waals surface area contributed by atoms with Crippen molar-refractivity contribution in [3.63, 3.8) is 0 Å². The molecular weight excluding hydrogens is 288 g/mol. The minimum Gasteiger partial charge on any atom is -0.478 e. The van der Waals surface area contributed by atoms with E-state index in [1.54, 1.807) is 0 Å². The van der Waals surface area contributed by atoms with Gasteiger partial charge in [-0.25, -0.2) is 4.79 Å². The molecule has 4 heteroatoms. The molecule has 116 valence electrons. The van der Waals surface area contributed by atoms with Crippen molar-refractivity contribution in [3.05, 3.63) is 84.4 Å². The van der Waals surface area contributed by atoms with Crippen LogP contribution >= 0.6 is 0 Å². The Bertz CT molecular complexity index is 714. The van der Waals surface area contributed by atoms with Gasteiger partial charge in [-0.15, -0.1) is 0 Å². The maximum Gasteiger partial charge on any atom is 0.335 e. The Balaban J connectivity index is 0.000000168. The molecule has 0 saturated carbocycles. The van der Waals surface area contributed by atoms with E-state index in [4.69, 9.17) is 16.6 Å². The molecule has 0 aliphatic rings. The summed E-state index contributed by atoms with van der Waals surface area (Å²) < 4.78 is 0. The third kappa shape index (κ3) is 4.89. The molecule has 23 heavy (non-hydrogen) atoms. The molecule has 0 aliphatic carbocycles. The van der Waals surface area contributed by atoms with E-state index in [2.05, 4.69) is 48.5 Å². The molecule has 0 radical (unpaired) electrons. The average molecular weight is 306 g/mol. The fourth-order valence-corrected chi connectivity index (χ4v) is 2.06. The highest BCUT2D eigenvalue weighted by Crippen LogP contribution is 2.17. The molecule has 3 rings (SSSR count). The first-order valence-corrected chi connectivity index (χ1v) is 7.06. The SMILES string of the molecule is Nc1cc(N)cc(C(=O)O)c1.c1ccc(-c2ccccc2)cc1. The summed E-state index contributed by atoms with van der Waals surface area (Å²) in [7, 11) is 0. The number of nitrogens with two attached hydrogens (primary N) is 2. The first-order valence-electron chi connectivity index (χ1n) is 7.06. The van der Waals surface area contributed by atoms with Crippen molar-refractivity contribution in [2.75, 3.05) is 11.5 Å². The Kier molecular flexibility index (Phi) is 5.36. The molecule has 0 heterocycles. The molecule has 4 nitrogen and oxygen atoms in total. The highest BCUT2D eigenvalue weighted by molar-refractivity contribution is 5.90. The minimum atomic E-state index is -1.02. The summed E-state index contributed by atoms with van der Waals surface area (Å²) in [6.07, 6.45) is 0. The standard InChI is InChI=1S/C12H10.C7H8N2O2/c1-3-7-11(8-4-1)12-9-5-2-6-10-12;8-5-1-4(7(10)11)2-6(9)3-5/h1-10H;1-3H,8-9H2,(H,10,11). The van der Waals surface area contributed by atoms with E-state index in [0.29, 0.717) is 11.4 Å². The highest BCUT2D eigenvalue weighted by Gasteiger charge is 2.03. The van der Waals surface area contributed by atoms with Crippen LogP contribution in [0.2, 0.25) is 0 Å². The van der Waals surface area contributed by atoms with Crippen LogP contribution in [0.4, 0.5) is 11.4 Å².